The van der Waals surface area contributed by atoms with Crippen LogP contribution in [0.3, 0.4) is 0 Å². The maximum atomic E-state index is 10.1. The third-order valence-corrected chi connectivity index (χ3v) is 2.59. The molecule has 0 radical (unpaired) electrons. The van der Waals surface area contributed by atoms with Crippen molar-refractivity contribution in [2.75, 3.05) is 39.3 Å². The molecule has 0 spiro atoms. The summed E-state index contributed by atoms with van der Waals surface area (Å²) >= 11 is 0. The van der Waals surface area contributed by atoms with Gasteiger partial charge >= 0.3 is 11.9 Å². The molecule has 2 rings (SSSR count). The van der Waals surface area contributed by atoms with Gasteiger partial charge in [0.15, 0.2) is 11.9 Å². The van der Waals surface area contributed by atoms with Crippen LogP contribution in [0.1, 0.15) is 0 Å². The van der Waals surface area contributed by atoms with Crippen molar-refractivity contribution in [1.29, 1.82) is 0 Å². The first-order valence-electron chi connectivity index (χ1n) is 5.93. The van der Waals surface area contributed by atoms with E-state index in [2.05, 4.69) is 9.98 Å². The molecule has 0 bridgehead atoms. The zero-order valence-electron chi connectivity index (χ0n) is 10.9. The molecular weight excluding hydrogens is 268 g/mol. The summed E-state index contributed by atoms with van der Waals surface area (Å²) in [4.78, 5) is 31.0. The molecule has 0 atom stereocenters. The molecule has 0 aromatic rings. The number of nitrogens with two attached hydrogens (primary N) is 2. The minimum absolute atomic E-state index is 0.0463. The molecule has 0 fully saturated rings. The fourth-order valence-corrected chi connectivity index (χ4v) is 1.65. The molecule has 2 aliphatic heterocycles. The van der Waals surface area contributed by atoms with Crippen LogP contribution in [-0.2, 0) is 9.59 Å². The minimum atomic E-state index is -0.875. The fraction of sp³-hybridized carbons (Fsp3) is 0.600. The van der Waals surface area contributed by atoms with Gasteiger partial charge in [0.05, 0.1) is 13.1 Å². The minimum Gasteiger partial charge on any atom is -0.480 e. The van der Waals surface area contributed by atoms with Gasteiger partial charge in [-0.15, -0.1) is 0 Å². The number of aliphatic carboxylic acids is 2. The Balaban J connectivity index is 0.000000200. The molecule has 2 aliphatic rings. The molecule has 10 heteroatoms. The highest BCUT2D eigenvalue weighted by molar-refractivity contribution is 5.84. The molecule has 20 heavy (non-hydrogen) atoms. The standard InChI is InChI=1S/2C5H9N3O2/c2*6-5-7-1-2-8(5)3-4(9)10/h2*1-3H2,(H2,6,7)(H,9,10). The number of hydrogen-bond acceptors (Lipinski definition) is 8. The maximum Gasteiger partial charge on any atom is 0.323 e. The van der Waals surface area contributed by atoms with Crippen LogP contribution in [-0.4, -0.2) is 83.1 Å². The summed E-state index contributed by atoms with van der Waals surface area (Å²) in [6.45, 7) is 2.37. The lowest BCUT2D eigenvalue weighted by atomic mass is 10.5. The van der Waals surface area contributed by atoms with Crippen LogP contribution in [0.15, 0.2) is 9.98 Å². The van der Waals surface area contributed by atoms with Gasteiger partial charge in [-0.2, -0.15) is 0 Å². The molecule has 0 unspecified atom stereocenters. The van der Waals surface area contributed by atoms with E-state index in [1.807, 2.05) is 0 Å². The molecule has 0 aromatic heterocycles. The molecule has 0 saturated carbocycles. The van der Waals surface area contributed by atoms with E-state index in [1.165, 1.54) is 9.80 Å². The lowest BCUT2D eigenvalue weighted by Gasteiger charge is -2.13. The van der Waals surface area contributed by atoms with E-state index in [0.717, 1.165) is 0 Å². The summed E-state index contributed by atoms with van der Waals surface area (Å²) in [6.07, 6.45) is 0. The van der Waals surface area contributed by atoms with Crippen molar-refractivity contribution in [2.45, 2.75) is 0 Å². The van der Waals surface area contributed by atoms with Gasteiger partial charge in [0.1, 0.15) is 13.1 Å². The van der Waals surface area contributed by atoms with Crippen LogP contribution in [0.4, 0.5) is 0 Å². The third kappa shape index (κ3) is 5.00. The Morgan fingerprint density at radius 2 is 1.30 bits per heavy atom. The van der Waals surface area contributed by atoms with Gasteiger partial charge in [-0.3, -0.25) is 19.6 Å². The number of aliphatic imine (C=N–C) groups is 2. The van der Waals surface area contributed by atoms with E-state index >= 15 is 0 Å². The Labute approximate surface area is 115 Å². The topological polar surface area (TPSA) is 158 Å². The lowest BCUT2D eigenvalue weighted by molar-refractivity contribution is -0.138. The van der Waals surface area contributed by atoms with Crippen LogP contribution >= 0.6 is 0 Å². The van der Waals surface area contributed by atoms with Gasteiger partial charge in [0, 0.05) is 13.1 Å². The highest BCUT2D eigenvalue weighted by atomic mass is 16.4. The number of carbonyl (C=O) groups is 2. The quantitative estimate of drug-likeness (QED) is 0.438. The molecule has 0 saturated heterocycles. The van der Waals surface area contributed by atoms with Crippen LogP contribution in [0.2, 0.25) is 0 Å². The Kier molecular flexibility index (Phi) is 5.56. The van der Waals surface area contributed by atoms with E-state index in [1.54, 1.807) is 0 Å². The SMILES string of the molecule is NC1=NCCN1CC(=O)O.NC1=NCCN1CC(=O)O. The molecule has 2 heterocycles. The molecule has 0 aromatic carbocycles. The maximum absolute atomic E-state index is 10.1. The molecule has 10 nitrogen and oxygen atoms in total. The first-order valence-corrected chi connectivity index (χ1v) is 5.93. The predicted octanol–water partition coefficient (Wildman–Crippen LogP) is -2.60. The van der Waals surface area contributed by atoms with E-state index in [-0.39, 0.29) is 13.1 Å². The summed E-state index contributed by atoms with van der Waals surface area (Å²) in [5.74, 6) is -1.08. The average Bonchev–Trinajstić information content (AvgIpc) is 2.90. The second kappa shape index (κ2) is 7.16. The second-order valence-electron chi connectivity index (χ2n) is 4.11. The van der Waals surface area contributed by atoms with Gasteiger partial charge in [-0.25, -0.2) is 0 Å². The van der Waals surface area contributed by atoms with Crippen LogP contribution in [0.5, 0.6) is 0 Å². The van der Waals surface area contributed by atoms with Gasteiger partial charge in [-0.05, 0) is 0 Å². The van der Waals surface area contributed by atoms with Gasteiger partial charge in [-0.1, -0.05) is 0 Å². The molecule has 0 aliphatic carbocycles. The van der Waals surface area contributed by atoms with Crippen molar-refractivity contribution < 1.29 is 19.8 Å². The predicted molar refractivity (Wildman–Crippen MR) is 71.4 cm³/mol. The van der Waals surface area contributed by atoms with Crippen LogP contribution in [0.25, 0.3) is 0 Å². The van der Waals surface area contributed by atoms with E-state index in [0.29, 0.717) is 38.1 Å². The Morgan fingerprint density at radius 1 is 0.950 bits per heavy atom. The second-order valence-corrected chi connectivity index (χ2v) is 4.11. The normalized spacial score (nSPS) is 17.2. The zero-order chi connectivity index (χ0) is 15.1. The molecule has 6 N–H and O–H groups in total. The van der Waals surface area contributed by atoms with Crippen molar-refractivity contribution in [3.8, 4) is 0 Å². The number of carboxylic acids is 2. The average molecular weight is 286 g/mol. The van der Waals surface area contributed by atoms with E-state index in [9.17, 15) is 9.59 Å². The van der Waals surface area contributed by atoms with E-state index < -0.39 is 11.9 Å². The summed E-state index contributed by atoms with van der Waals surface area (Å²) in [5, 5.41) is 16.7. The highest BCUT2D eigenvalue weighted by Crippen LogP contribution is 1.96. The highest BCUT2D eigenvalue weighted by Gasteiger charge is 2.16. The first-order chi connectivity index (χ1) is 9.40. The molecule has 112 valence electrons. The molecular formula is C10H18N6O4. The van der Waals surface area contributed by atoms with Gasteiger partial charge < -0.3 is 31.5 Å². The number of nitrogens with zero attached hydrogens (tertiary/aromatic N) is 4. The number of hydrogen-bond donors (Lipinski definition) is 4. The van der Waals surface area contributed by atoms with Crippen molar-refractivity contribution >= 4 is 23.9 Å². The largest absolute Gasteiger partial charge is 0.480 e. The number of rotatable bonds is 4. The summed E-state index contributed by atoms with van der Waals surface area (Å²) in [6, 6.07) is 0. The number of carboxylic acid groups (broad SMARTS) is 2. The van der Waals surface area contributed by atoms with Crippen LogP contribution < -0.4 is 11.5 Å². The van der Waals surface area contributed by atoms with Crippen molar-refractivity contribution in [3.05, 3.63) is 0 Å². The summed E-state index contributed by atoms with van der Waals surface area (Å²) in [5.41, 5.74) is 10.7. The Hall–Kier alpha value is -2.52. The zero-order valence-corrected chi connectivity index (χ0v) is 10.9. The smallest absolute Gasteiger partial charge is 0.323 e. The van der Waals surface area contributed by atoms with Crippen molar-refractivity contribution in [3.63, 3.8) is 0 Å². The third-order valence-electron chi connectivity index (χ3n) is 2.59. The Morgan fingerprint density at radius 3 is 1.50 bits per heavy atom. The summed E-state index contributed by atoms with van der Waals surface area (Å²) in [7, 11) is 0. The van der Waals surface area contributed by atoms with Crippen molar-refractivity contribution in [2.24, 2.45) is 21.5 Å². The van der Waals surface area contributed by atoms with Gasteiger partial charge in [0.25, 0.3) is 0 Å². The number of guanidine groups is 2. The van der Waals surface area contributed by atoms with E-state index in [4.69, 9.17) is 21.7 Å². The summed E-state index contributed by atoms with van der Waals surface area (Å²) < 4.78 is 0. The lowest BCUT2D eigenvalue weighted by Crippen LogP contribution is -2.37. The fourth-order valence-electron chi connectivity index (χ4n) is 1.65. The van der Waals surface area contributed by atoms with Crippen LogP contribution in [0, 0.1) is 0 Å². The molecule has 0 amide bonds. The Bertz CT molecular complexity index is 395. The first kappa shape index (κ1) is 15.5. The van der Waals surface area contributed by atoms with Gasteiger partial charge in [0.2, 0.25) is 0 Å². The van der Waals surface area contributed by atoms with Crippen molar-refractivity contribution in [1.82, 2.24) is 9.80 Å². The monoisotopic (exact) mass is 286 g/mol.